The van der Waals surface area contributed by atoms with E-state index < -0.39 is 10.0 Å². The van der Waals surface area contributed by atoms with Gasteiger partial charge in [0.05, 0.1) is 11.5 Å². The van der Waals surface area contributed by atoms with Crippen LogP contribution in [0, 0.1) is 5.92 Å². The van der Waals surface area contributed by atoms with E-state index in [-0.39, 0.29) is 6.04 Å². The molecular formula is C20H27NO3S. The second-order valence-electron chi connectivity index (χ2n) is 7.01. The first-order valence-electron chi connectivity index (χ1n) is 9.18. The minimum Gasteiger partial charge on any atom is -0.494 e. The number of fused-ring (bicyclic) bond motifs is 1. The Balaban J connectivity index is 1.82. The highest BCUT2D eigenvalue weighted by Crippen LogP contribution is 2.27. The molecule has 0 saturated heterocycles. The minimum absolute atomic E-state index is 0.0410. The van der Waals surface area contributed by atoms with Gasteiger partial charge in [0.1, 0.15) is 5.75 Å². The summed E-state index contributed by atoms with van der Waals surface area (Å²) in [5, 5.41) is 1.89. The fourth-order valence-electron chi connectivity index (χ4n) is 3.44. The smallest absolute Gasteiger partial charge is 0.240 e. The lowest BCUT2D eigenvalue weighted by molar-refractivity contribution is 0.310. The molecule has 1 fully saturated rings. The lowest BCUT2D eigenvalue weighted by Crippen LogP contribution is -2.40. The first kappa shape index (κ1) is 18.2. The number of hydrogen-bond donors (Lipinski definition) is 1. The molecule has 1 aliphatic carbocycles. The summed E-state index contributed by atoms with van der Waals surface area (Å²) >= 11 is 0. The van der Waals surface area contributed by atoms with Gasteiger partial charge in [-0.2, -0.15) is 0 Å². The quantitative estimate of drug-likeness (QED) is 0.825. The van der Waals surface area contributed by atoms with Crippen LogP contribution < -0.4 is 9.46 Å². The Morgan fingerprint density at radius 2 is 1.80 bits per heavy atom. The Morgan fingerprint density at radius 1 is 1.08 bits per heavy atom. The zero-order chi connectivity index (χ0) is 17.9. The van der Waals surface area contributed by atoms with Crippen LogP contribution in [0.2, 0.25) is 0 Å². The minimum atomic E-state index is -3.49. The zero-order valence-corrected chi connectivity index (χ0v) is 15.8. The van der Waals surface area contributed by atoms with Gasteiger partial charge in [0.2, 0.25) is 10.0 Å². The highest BCUT2D eigenvalue weighted by Gasteiger charge is 2.26. The SMILES string of the molecule is CCCOc1ccc2cc(S(=O)(=O)N[C@@H]3CCCC[C@@H]3C)ccc2c1. The average Bonchev–Trinajstić information content (AvgIpc) is 2.61. The molecule has 1 saturated carbocycles. The lowest BCUT2D eigenvalue weighted by Gasteiger charge is -2.29. The van der Waals surface area contributed by atoms with Crippen LogP contribution in [0.25, 0.3) is 10.8 Å². The van der Waals surface area contributed by atoms with E-state index in [1.54, 1.807) is 12.1 Å². The predicted molar refractivity (Wildman–Crippen MR) is 101 cm³/mol. The number of benzene rings is 2. The number of rotatable bonds is 6. The Morgan fingerprint density at radius 3 is 2.56 bits per heavy atom. The van der Waals surface area contributed by atoms with E-state index in [9.17, 15) is 8.42 Å². The van der Waals surface area contributed by atoms with Crippen LogP contribution in [-0.4, -0.2) is 21.1 Å². The van der Waals surface area contributed by atoms with Gasteiger partial charge in [-0.15, -0.1) is 0 Å². The van der Waals surface area contributed by atoms with Crippen molar-refractivity contribution in [3.05, 3.63) is 36.4 Å². The van der Waals surface area contributed by atoms with Crippen molar-refractivity contribution in [1.82, 2.24) is 4.72 Å². The van der Waals surface area contributed by atoms with E-state index in [4.69, 9.17) is 4.74 Å². The van der Waals surface area contributed by atoms with Gasteiger partial charge in [0, 0.05) is 6.04 Å². The lowest BCUT2D eigenvalue weighted by atomic mass is 9.87. The summed E-state index contributed by atoms with van der Waals surface area (Å²) in [6, 6.07) is 11.1. The maximum Gasteiger partial charge on any atom is 0.240 e. The molecule has 25 heavy (non-hydrogen) atoms. The number of ether oxygens (including phenoxy) is 1. The van der Waals surface area contributed by atoms with Crippen LogP contribution >= 0.6 is 0 Å². The van der Waals surface area contributed by atoms with Crippen LogP contribution in [0.5, 0.6) is 5.75 Å². The fourth-order valence-corrected chi connectivity index (χ4v) is 4.85. The third-order valence-electron chi connectivity index (χ3n) is 4.98. The Bertz CT molecular complexity index is 832. The maximum absolute atomic E-state index is 12.8. The fraction of sp³-hybridized carbons (Fsp3) is 0.500. The van der Waals surface area contributed by atoms with Gasteiger partial charge in [-0.3, -0.25) is 0 Å². The van der Waals surface area contributed by atoms with E-state index in [0.29, 0.717) is 17.4 Å². The van der Waals surface area contributed by atoms with Gasteiger partial charge in [-0.1, -0.05) is 38.8 Å². The van der Waals surface area contributed by atoms with Crippen LogP contribution in [0.3, 0.4) is 0 Å². The predicted octanol–water partition coefficient (Wildman–Crippen LogP) is 4.49. The maximum atomic E-state index is 12.8. The Labute approximate surface area is 150 Å². The van der Waals surface area contributed by atoms with Crippen molar-refractivity contribution in [2.24, 2.45) is 5.92 Å². The van der Waals surface area contributed by atoms with Gasteiger partial charge in [-0.05, 0) is 60.2 Å². The molecular weight excluding hydrogens is 334 g/mol. The third kappa shape index (κ3) is 4.33. The van der Waals surface area contributed by atoms with Crippen molar-refractivity contribution < 1.29 is 13.2 Å². The number of hydrogen-bond acceptors (Lipinski definition) is 3. The van der Waals surface area contributed by atoms with Crippen LogP contribution in [0.4, 0.5) is 0 Å². The first-order valence-corrected chi connectivity index (χ1v) is 10.7. The Hall–Kier alpha value is -1.59. The molecule has 0 aromatic heterocycles. The summed E-state index contributed by atoms with van der Waals surface area (Å²) < 4.78 is 34.1. The number of sulfonamides is 1. The molecule has 2 aromatic carbocycles. The molecule has 3 rings (SSSR count). The van der Waals surface area contributed by atoms with E-state index in [2.05, 4.69) is 18.6 Å². The van der Waals surface area contributed by atoms with E-state index in [1.165, 1.54) is 6.42 Å². The summed E-state index contributed by atoms with van der Waals surface area (Å²) in [6.07, 6.45) is 5.26. The standard InChI is InChI=1S/C20H27NO3S/c1-3-12-24-18-10-8-17-14-19(11-9-16(17)13-18)25(22,23)21-20-7-5-4-6-15(20)2/h8-11,13-15,20-21H,3-7,12H2,1-2H3/t15-,20+/m0/s1. The van der Waals surface area contributed by atoms with Crippen LogP contribution in [-0.2, 0) is 10.0 Å². The summed E-state index contributed by atoms with van der Waals surface area (Å²) in [7, 11) is -3.49. The van der Waals surface area contributed by atoms with Crippen molar-refractivity contribution >= 4 is 20.8 Å². The summed E-state index contributed by atoms with van der Waals surface area (Å²) in [4.78, 5) is 0.333. The second-order valence-corrected chi connectivity index (χ2v) is 8.72. The molecule has 0 amide bonds. The molecule has 5 heteroatoms. The molecule has 0 radical (unpaired) electrons. The highest BCUT2D eigenvalue weighted by molar-refractivity contribution is 7.89. The second kappa shape index (κ2) is 7.75. The monoisotopic (exact) mass is 361 g/mol. The van der Waals surface area contributed by atoms with E-state index in [1.807, 2.05) is 24.3 Å². The summed E-state index contributed by atoms with van der Waals surface area (Å²) in [5.41, 5.74) is 0. The Kier molecular flexibility index (Phi) is 5.64. The van der Waals surface area contributed by atoms with E-state index >= 15 is 0 Å². The van der Waals surface area contributed by atoms with Crippen LogP contribution in [0.1, 0.15) is 46.0 Å². The average molecular weight is 362 g/mol. The molecule has 1 aliphatic rings. The van der Waals surface area contributed by atoms with Gasteiger partial charge >= 0.3 is 0 Å². The van der Waals surface area contributed by atoms with Gasteiger partial charge < -0.3 is 4.74 Å². The normalized spacial score (nSPS) is 21.4. The van der Waals surface area contributed by atoms with Crippen molar-refractivity contribution in [2.45, 2.75) is 56.9 Å². The first-order chi connectivity index (χ1) is 12.0. The molecule has 0 spiro atoms. The van der Waals surface area contributed by atoms with E-state index in [0.717, 1.165) is 42.2 Å². The third-order valence-corrected chi connectivity index (χ3v) is 6.47. The van der Waals surface area contributed by atoms with Gasteiger partial charge in [0.15, 0.2) is 0 Å². The van der Waals surface area contributed by atoms with Crippen molar-refractivity contribution in [3.63, 3.8) is 0 Å². The largest absolute Gasteiger partial charge is 0.494 e. The molecule has 136 valence electrons. The molecule has 0 heterocycles. The van der Waals surface area contributed by atoms with Gasteiger partial charge in [0.25, 0.3) is 0 Å². The topological polar surface area (TPSA) is 55.4 Å². The molecule has 2 atom stereocenters. The molecule has 0 bridgehead atoms. The van der Waals surface area contributed by atoms with Crippen LogP contribution in [0.15, 0.2) is 41.3 Å². The highest BCUT2D eigenvalue weighted by atomic mass is 32.2. The number of nitrogens with one attached hydrogen (secondary N) is 1. The van der Waals surface area contributed by atoms with Crippen molar-refractivity contribution in [1.29, 1.82) is 0 Å². The molecule has 1 N–H and O–H groups in total. The molecule has 4 nitrogen and oxygen atoms in total. The summed E-state index contributed by atoms with van der Waals surface area (Å²) in [5.74, 6) is 1.21. The zero-order valence-electron chi connectivity index (χ0n) is 15.0. The van der Waals surface area contributed by atoms with Crippen molar-refractivity contribution in [3.8, 4) is 5.75 Å². The molecule has 0 aliphatic heterocycles. The molecule has 0 unspecified atom stereocenters. The van der Waals surface area contributed by atoms with Crippen molar-refractivity contribution in [2.75, 3.05) is 6.61 Å². The van der Waals surface area contributed by atoms with Gasteiger partial charge in [-0.25, -0.2) is 13.1 Å². The molecule has 2 aromatic rings. The summed E-state index contributed by atoms with van der Waals surface area (Å²) in [6.45, 7) is 4.88.